The lowest BCUT2D eigenvalue weighted by Gasteiger charge is -2.18. The number of aryl methyl sites for hydroxylation is 1. The summed E-state index contributed by atoms with van der Waals surface area (Å²) >= 11 is 1.54. The van der Waals surface area contributed by atoms with Crippen LogP contribution in [0.2, 0.25) is 0 Å². The zero-order valence-corrected chi connectivity index (χ0v) is 14.6. The number of aromatic nitrogens is 2. The Bertz CT molecular complexity index is 829. The number of benzene rings is 1. The number of amides is 1. The van der Waals surface area contributed by atoms with Gasteiger partial charge in [-0.15, -0.1) is 11.3 Å². The maximum atomic E-state index is 12.5. The largest absolute Gasteiger partial charge is 0.341 e. The maximum Gasteiger partial charge on any atom is 0.228 e. The number of thiazole rings is 1. The SMILES string of the molecule is Cc1ccccc1CN(C)C(=O)Cc1csc(-c2cccnc2)n1. The summed E-state index contributed by atoms with van der Waals surface area (Å²) in [5.41, 5.74) is 4.15. The van der Waals surface area contributed by atoms with Crippen LogP contribution in [-0.4, -0.2) is 27.8 Å². The predicted octanol–water partition coefficient (Wildman–Crippen LogP) is 3.71. The molecule has 0 aliphatic rings. The van der Waals surface area contributed by atoms with Crippen molar-refractivity contribution in [2.45, 2.75) is 19.9 Å². The van der Waals surface area contributed by atoms with E-state index in [4.69, 9.17) is 0 Å². The Balaban J connectivity index is 1.65. The molecule has 0 aliphatic heterocycles. The van der Waals surface area contributed by atoms with Crippen molar-refractivity contribution in [2.75, 3.05) is 7.05 Å². The highest BCUT2D eigenvalue weighted by Crippen LogP contribution is 2.23. The second-order valence-corrected chi connectivity index (χ2v) is 6.60. The molecule has 0 aliphatic carbocycles. The van der Waals surface area contributed by atoms with Crippen LogP contribution in [0.5, 0.6) is 0 Å². The number of pyridine rings is 1. The van der Waals surface area contributed by atoms with Gasteiger partial charge < -0.3 is 4.90 Å². The highest BCUT2D eigenvalue weighted by molar-refractivity contribution is 7.13. The molecular weight excluding hydrogens is 318 g/mol. The molecule has 0 N–H and O–H groups in total. The fraction of sp³-hybridized carbons (Fsp3) is 0.211. The molecule has 0 spiro atoms. The van der Waals surface area contributed by atoms with Gasteiger partial charge in [-0.2, -0.15) is 0 Å². The molecule has 2 heterocycles. The molecule has 0 saturated carbocycles. The van der Waals surface area contributed by atoms with Crippen molar-refractivity contribution in [3.63, 3.8) is 0 Å². The van der Waals surface area contributed by atoms with Gasteiger partial charge in [0.1, 0.15) is 5.01 Å². The summed E-state index contributed by atoms with van der Waals surface area (Å²) in [6, 6.07) is 12.0. The van der Waals surface area contributed by atoms with Gasteiger partial charge in [-0.05, 0) is 30.2 Å². The van der Waals surface area contributed by atoms with Gasteiger partial charge >= 0.3 is 0 Å². The predicted molar refractivity (Wildman–Crippen MR) is 96.7 cm³/mol. The van der Waals surface area contributed by atoms with Crippen molar-refractivity contribution < 1.29 is 4.79 Å². The molecule has 2 aromatic heterocycles. The summed E-state index contributed by atoms with van der Waals surface area (Å²) in [6.07, 6.45) is 3.84. The Morgan fingerprint density at radius 3 is 2.79 bits per heavy atom. The Morgan fingerprint density at radius 1 is 1.21 bits per heavy atom. The molecule has 0 unspecified atom stereocenters. The van der Waals surface area contributed by atoms with E-state index in [0.29, 0.717) is 13.0 Å². The molecular formula is C19H19N3OS. The summed E-state index contributed by atoms with van der Waals surface area (Å²) < 4.78 is 0. The summed E-state index contributed by atoms with van der Waals surface area (Å²) in [7, 11) is 1.84. The van der Waals surface area contributed by atoms with E-state index >= 15 is 0 Å². The molecule has 0 radical (unpaired) electrons. The van der Waals surface area contributed by atoms with Crippen LogP contribution in [0.3, 0.4) is 0 Å². The smallest absolute Gasteiger partial charge is 0.228 e. The Kier molecular flexibility index (Phi) is 5.01. The average molecular weight is 337 g/mol. The van der Waals surface area contributed by atoms with Crippen molar-refractivity contribution in [1.82, 2.24) is 14.9 Å². The van der Waals surface area contributed by atoms with Crippen LogP contribution in [0.25, 0.3) is 10.6 Å². The Labute approximate surface area is 145 Å². The standard InChI is InChI=1S/C19H19N3OS/c1-14-6-3-4-7-16(14)12-22(2)18(23)10-17-13-24-19(21-17)15-8-5-9-20-11-15/h3-9,11,13H,10,12H2,1-2H3. The van der Waals surface area contributed by atoms with E-state index in [-0.39, 0.29) is 5.91 Å². The van der Waals surface area contributed by atoms with E-state index in [9.17, 15) is 4.79 Å². The van der Waals surface area contributed by atoms with Gasteiger partial charge in [-0.3, -0.25) is 9.78 Å². The molecule has 122 valence electrons. The number of carbonyl (C=O) groups excluding carboxylic acids is 1. The molecule has 1 amide bonds. The van der Waals surface area contributed by atoms with Gasteiger partial charge in [-0.1, -0.05) is 24.3 Å². The first-order valence-electron chi connectivity index (χ1n) is 7.77. The molecule has 1 aromatic carbocycles. The third-order valence-corrected chi connectivity index (χ3v) is 4.83. The Morgan fingerprint density at radius 2 is 2.04 bits per heavy atom. The lowest BCUT2D eigenvalue weighted by Crippen LogP contribution is -2.28. The Hall–Kier alpha value is -2.53. The van der Waals surface area contributed by atoms with Crippen molar-refractivity contribution in [3.8, 4) is 10.6 Å². The number of likely N-dealkylation sites (N-methyl/N-ethyl adjacent to an activating group) is 1. The average Bonchev–Trinajstić information content (AvgIpc) is 3.06. The quantitative estimate of drug-likeness (QED) is 0.713. The van der Waals surface area contributed by atoms with Gasteiger partial charge in [0.05, 0.1) is 12.1 Å². The molecule has 0 bridgehead atoms. The number of carbonyl (C=O) groups is 1. The first-order chi connectivity index (χ1) is 11.6. The minimum atomic E-state index is 0.0706. The van der Waals surface area contributed by atoms with E-state index in [1.165, 1.54) is 11.1 Å². The first kappa shape index (κ1) is 16.3. The minimum absolute atomic E-state index is 0.0706. The maximum absolute atomic E-state index is 12.5. The van der Waals surface area contributed by atoms with E-state index in [2.05, 4.69) is 29.0 Å². The fourth-order valence-corrected chi connectivity index (χ4v) is 3.24. The number of hydrogen-bond donors (Lipinski definition) is 0. The van der Waals surface area contributed by atoms with E-state index < -0.39 is 0 Å². The molecule has 5 heteroatoms. The third kappa shape index (κ3) is 3.86. The van der Waals surface area contributed by atoms with Crippen molar-refractivity contribution in [1.29, 1.82) is 0 Å². The normalized spacial score (nSPS) is 10.6. The highest BCUT2D eigenvalue weighted by atomic mass is 32.1. The summed E-state index contributed by atoms with van der Waals surface area (Å²) in [4.78, 5) is 22.9. The first-order valence-corrected chi connectivity index (χ1v) is 8.64. The topological polar surface area (TPSA) is 46.1 Å². The molecule has 3 rings (SSSR count). The van der Waals surface area contributed by atoms with Crippen molar-refractivity contribution in [2.24, 2.45) is 0 Å². The van der Waals surface area contributed by atoms with Crippen LogP contribution in [0.1, 0.15) is 16.8 Å². The summed E-state index contributed by atoms with van der Waals surface area (Å²) in [5.74, 6) is 0.0706. The second-order valence-electron chi connectivity index (χ2n) is 5.74. The summed E-state index contributed by atoms with van der Waals surface area (Å²) in [5, 5.41) is 2.84. The molecule has 4 nitrogen and oxygen atoms in total. The number of nitrogens with zero attached hydrogens (tertiary/aromatic N) is 3. The van der Waals surface area contributed by atoms with Gasteiger partial charge in [0.25, 0.3) is 0 Å². The van der Waals surface area contributed by atoms with E-state index in [1.54, 1.807) is 28.6 Å². The van der Waals surface area contributed by atoms with Crippen LogP contribution in [0.4, 0.5) is 0 Å². The fourth-order valence-electron chi connectivity index (χ4n) is 2.43. The molecule has 3 aromatic rings. The lowest BCUT2D eigenvalue weighted by atomic mass is 10.1. The van der Waals surface area contributed by atoms with Crippen LogP contribution in [-0.2, 0) is 17.8 Å². The zero-order chi connectivity index (χ0) is 16.9. The monoisotopic (exact) mass is 337 g/mol. The van der Waals surface area contributed by atoms with E-state index in [0.717, 1.165) is 16.3 Å². The zero-order valence-electron chi connectivity index (χ0n) is 13.8. The summed E-state index contributed by atoms with van der Waals surface area (Å²) in [6.45, 7) is 2.68. The molecule has 24 heavy (non-hydrogen) atoms. The van der Waals surface area contributed by atoms with Crippen molar-refractivity contribution >= 4 is 17.2 Å². The molecule has 0 atom stereocenters. The number of hydrogen-bond acceptors (Lipinski definition) is 4. The number of rotatable bonds is 5. The van der Waals surface area contributed by atoms with Gasteiger partial charge in [-0.25, -0.2) is 4.98 Å². The highest BCUT2D eigenvalue weighted by Gasteiger charge is 2.14. The lowest BCUT2D eigenvalue weighted by molar-refractivity contribution is -0.129. The van der Waals surface area contributed by atoms with Crippen LogP contribution >= 0.6 is 11.3 Å². The third-order valence-electron chi connectivity index (χ3n) is 3.89. The van der Waals surface area contributed by atoms with Crippen LogP contribution in [0.15, 0.2) is 54.2 Å². The van der Waals surface area contributed by atoms with Crippen LogP contribution < -0.4 is 0 Å². The van der Waals surface area contributed by atoms with Crippen LogP contribution in [0, 0.1) is 6.92 Å². The molecule has 0 saturated heterocycles. The van der Waals surface area contributed by atoms with Gasteiger partial charge in [0, 0.05) is 36.9 Å². The van der Waals surface area contributed by atoms with Gasteiger partial charge in [0.2, 0.25) is 5.91 Å². The molecule has 0 fully saturated rings. The van der Waals surface area contributed by atoms with E-state index in [1.807, 2.05) is 36.7 Å². The minimum Gasteiger partial charge on any atom is -0.341 e. The van der Waals surface area contributed by atoms with Gasteiger partial charge in [0.15, 0.2) is 0 Å². The second kappa shape index (κ2) is 7.36. The van der Waals surface area contributed by atoms with Crippen molar-refractivity contribution in [3.05, 3.63) is 71.0 Å².